The molecule has 0 fully saturated rings. The van der Waals surface area contributed by atoms with Gasteiger partial charge in [-0.05, 0) is 34.8 Å². The third kappa shape index (κ3) is 5.00. The average molecular weight is 504 g/mol. The zero-order valence-corrected chi connectivity index (χ0v) is 22.2. The van der Waals surface area contributed by atoms with Crippen molar-refractivity contribution in [3.8, 4) is 11.1 Å². The molecule has 0 unspecified atom stereocenters. The van der Waals surface area contributed by atoms with Crippen LogP contribution in [0.1, 0.15) is 75.8 Å². The Kier molecular flexibility index (Phi) is 8.43. The Morgan fingerprint density at radius 2 is 1.55 bits per heavy atom. The molecule has 0 saturated heterocycles. The van der Waals surface area contributed by atoms with Gasteiger partial charge < -0.3 is 24.8 Å². The molecule has 0 bridgehead atoms. The molecule has 0 N–H and O–H groups in total. The van der Waals surface area contributed by atoms with Crippen LogP contribution in [0.3, 0.4) is 0 Å². The van der Waals surface area contributed by atoms with Crippen LogP contribution in [0, 0.1) is 6.07 Å². The maximum absolute atomic E-state index is 3.84. The number of halogens is 2. The van der Waals surface area contributed by atoms with Gasteiger partial charge in [-0.15, -0.1) is 40.5 Å². The molecule has 0 saturated carbocycles. The molecule has 0 spiro atoms. The summed E-state index contributed by atoms with van der Waals surface area (Å²) >= 11 is 0. The quantitative estimate of drug-likeness (QED) is 0.435. The third-order valence-corrected chi connectivity index (χ3v) is 5.69. The second-order valence-corrected chi connectivity index (χ2v) is 9.82. The number of benzene rings is 2. The molecule has 1 radical (unpaired) electrons. The summed E-state index contributed by atoms with van der Waals surface area (Å²) in [6.07, 6.45) is 8.71. The van der Waals surface area contributed by atoms with Crippen molar-refractivity contribution in [1.82, 2.24) is 0 Å². The van der Waals surface area contributed by atoms with Gasteiger partial charge in [0.15, 0.2) is 0 Å². The molecule has 0 amide bonds. The summed E-state index contributed by atoms with van der Waals surface area (Å²) < 4.78 is 0. The van der Waals surface area contributed by atoms with Crippen molar-refractivity contribution in [3.63, 3.8) is 0 Å². The molecule has 2 aromatic rings. The standard InChI is InChI=1S/C26H29.2ClH.Zr/c1-25(2,3)20-12-11-18-13-19-14-23(17-9-7-8-10-17)24(26(4,5)6)16-22(19)21(18)15-20;;;/h7-9,11-12,15-16H,10,13H2,1-6H3;2*1H;/q-1;;;+3/p-2. The predicted octanol–water partition coefficient (Wildman–Crippen LogP) is 1.00. The molecule has 4 rings (SSSR count). The third-order valence-electron chi connectivity index (χ3n) is 5.69. The summed E-state index contributed by atoms with van der Waals surface area (Å²) in [5, 5.41) is 0. The maximum atomic E-state index is 3.84. The van der Waals surface area contributed by atoms with E-state index in [9.17, 15) is 0 Å². The molecule has 2 aliphatic carbocycles. The Morgan fingerprint density at radius 1 is 0.862 bits per heavy atom. The maximum Gasteiger partial charge on any atom is 3.00 e. The molecule has 2 aromatic carbocycles. The van der Waals surface area contributed by atoms with Crippen LogP contribution >= 0.6 is 0 Å². The van der Waals surface area contributed by atoms with E-state index in [0.717, 1.165) is 12.8 Å². The van der Waals surface area contributed by atoms with Gasteiger partial charge >= 0.3 is 26.2 Å². The van der Waals surface area contributed by atoms with E-state index in [1.54, 1.807) is 0 Å². The molecule has 29 heavy (non-hydrogen) atoms. The molecule has 3 heteroatoms. The monoisotopic (exact) mass is 501 g/mol. The van der Waals surface area contributed by atoms with Crippen LogP contribution in [0.15, 0.2) is 42.5 Å². The van der Waals surface area contributed by atoms with Crippen molar-refractivity contribution in [2.45, 2.75) is 65.2 Å². The van der Waals surface area contributed by atoms with Gasteiger partial charge in [-0.3, -0.25) is 0 Å². The van der Waals surface area contributed by atoms with Gasteiger partial charge in [0.25, 0.3) is 0 Å². The Balaban J connectivity index is 0.00000140. The number of allylic oxidation sites excluding steroid dienone is 4. The summed E-state index contributed by atoms with van der Waals surface area (Å²) in [4.78, 5) is 0. The number of rotatable bonds is 1. The van der Waals surface area contributed by atoms with E-state index in [-0.39, 0.29) is 61.8 Å². The zero-order chi connectivity index (χ0) is 18.7. The molecule has 151 valence electrons. The van der Waals surface area contributed by atoms with Crippen molar-refractivity contribution in [3.05, 3.63) is 76.4 Å². The summed E-state index contributed by atoms with van der Waals surface area (Å²) in [6, 6.07) is 13.3. The Bertz CT molecular complexity index is 954. The zero-order valence-electron chi connectivity index (χ0n) is 18.2. The van der Waals surface area contributed by atoms with Gasteiger partial charge in [0.1, 0.15) is 0 Å². The van der Waals surface area contributed by atoms with Crippen LogP contribution in [-0.2, 0) is 43.5 Å². The van der Waals surface area contributed by atoms with Gasteiger partial charge in [-0.1, -0.05) is 83.0 Å². The van der Waals surface area contributed by atoms with Gasteiger partial charge in [0, 0.05) is 0 Å². The Hall–Kier alpha value is -0.617. The summed E-state index contributed by atoms with van der Waals surface area (Å²) in [5.41, 5.74) is 11.5. The van der Waals surface area contributed by atoms with Gasteiger partial charge in [0.2, 0.25) is 0 Å². The minimum Gasteiger partial charge on any atom is -1.00 e. The first-order valence-electron chi connectivity index (χ1n) is 9.74. The average Bonchev–Trinajstić information content (AvgIpc) is 3.18. The largest absolute Gasteiger partial charge is 3.00 e. The van der Waals surface area contributed by atoms with E-state index in [1.165, 1.54) is 44.5 Å². The molecule has 2 aliphatic rings. The Morgan fingerprint density at radius 3 is 2.10 bits per heavy atom. The van der Waals surface area contributed by atoms with Crippen LogP contribution in [0.5, 0.6) is 0 Å². The second kappa shape index (κ2) is 9.25. The normalized spacial score (nSPS) is 14.2. The van der Waals surface area contributed by atoms with Gasteiger partial charge in [-0.2, -0.15) is 0 Å². The van der Waals surface area contributed by atoms with Crippen molar-refractivity contribution in [1.29, 1.82) is 0 Å². The smallest absolute Gasteiger partial charge is 1.00 e. The van der Waals surface area contributed by atoms with E-state index < -0.39 is 0 Å². The fourth-order valence-corrected chi connectivity index (χ4v) is 4.08. The topological polar surface area (TPSA) is 0 Å². The van der Waals surface area contributed by atoms with Crippen LogP contribution in [-0.4, -0.2) is 0 Å². The molecular weight excluding hydrogens is 474 g/mol. The number of hydrogen-bond donors (Lipinski definition) is 0. The Labute approximate surface area is 208 Å². The van der Waals surface area contributed by atoms with Crippen LogP contribution in [0.2, 0.25) is 0 Å². The first-order valence-corrected chi connectivity index (χ1v) is 9.74. The van der Waals surface area contributed by atoms with E-state index in [1.807, 2.05) is 0 Å². The number of fused-ring (bicyclic) bond motifs is 3. The SMILES string of the molecule is CC(C)(C)c1ccc2c(c1)-c1cc(C(C)(C)C)c(C3=CC=CC3)[c-]c1C2.[Cl-].[Cl-].[Zr+3]. The fraction of sp³-hybridized carbons (Fsp3) is 0.385. The van der Waals surface area contributed by atoms with E-state index in [4.69, 9.17) is 0 Å². The van der Waals surface area contributed by atoms with Crippen LogP contribution < -0.4 is 24.8 Å². The fourth-order valence-electron chi connectivity index (χ4n) is 4.08. The second-order valence-electron chi connectivity index (χ2n) is 9.82. The summed E-state index contributed by atoms with van der Waals surface area (Å²) in [7, 11) is 0. The molecule has 0 heterocycles. The molecular formula is C26H29Cl2Zr. The molecule has 0 aromatic heterocycles. The summed E-state index contributed by atoms with van der Waals surface area (Å²) in [6.45, 7) is 13.8. The molecule has 0 atom stereocenters. The first-order chi connectivity index (χ1) is 12.1. The van der Waals surface area contributed by atoms with Gasteiger partial charge in [-0.25, -0.2) is 0 Å². The van der Waals surface area contributed by atoms with Crippen molar-refractivity contribution in [2.75, 3.05) is 0 Å². The van der Waals surface area contributed by atoms with E-state index >= 15 is 0 Å². The van der Waals surface area contributed by atoms with Crippen molar-refractivity contribution >= 4 is 5.57 Å². The van der Waals surface area contributed by atoms with Crippen LogP contribution in [0.4, 0.5) is 0 Å². The van der Waals surface area contributed by atoms with Gasteiger partial charge in [0.05, 0.1) is 0 Å². The first kappa shape index (κ1) is 26.4. The summed E-state index contributed by atoms with van der Waals surface area (Å²) in [5.74, 6) is 0. The van der Waals surface area contributed by atoms with Crippen LogP contribution in [0.25, 0.3) is 16.7 Å². The van der Waals surface area contributed by atoms with E-state index in [2.05, 4.69) is 90.1 Å². The minimum atomic E-state index is 0. The molecule has 0 aliphatic heterocycles. The minimum absolute atomic E-state index is 0. The van der Waals surface area contributed by atoms with Crippen molar-refractivity contribution < 1.29 is 51.0 Å². The number of hydrogen-bond acceptors (Lipinski definition) is 0. The predicted molar refractivity (Wildman–Crippen MR) is 113 cm³/mol. The van der Waals surface area contributed by atoms with E-state index in [0.29, 0.717) is 0 Å². The van der Waals surface area contributed by atoms with Crippen molar-refractivity contribution in [2.24, 2.45) is 0 Å². The molecule has 0 nitrogen and oxygen atoms in total.